The van der Waals surface area contributed by atoms with Crippen molar-refractivity contribution in [2.45, 2.75) is 44.9 Å². The van der Waals surface area contributed by atoms with Gasteiger partial charge in [-0.05, 0) is 60.2 Å². The van der Waals surface area contributed by atoms with E-state index in [0.29, 0.717) is 6.10 Å². The van der Waals surface area contributed by atoms with Crippen molar-refractivity contribution in [2.24, 2.45) is 0 Å². The predicted molar refractivity (Wildman–Crippen MR) is 85.5 cm³/mol. The summed E-state index contributed by atoms with van der Waals surface area (Å²) in [5.41, 5.74) is 5.29. The highest BCUT2D eigenvalue weighted by atomic mass is 16.5. The molecule has 1 aliphatic carbocycles. The zero-order valence-electron chi connectivity index (χ0n) is 12.4. The molecule has 1 aliphatic heterocycles. The van der Waals surface area contributed by atoms with Crippen molar-refractivity contribution in [2.75, 3.05) is 0 Å². The molecule has 1 N–H and O–H groups in total. The molecule has 2 nitrogen and oxygen atoms in total. The van der Waals surface area contributed by atoms with Gasteiger partial charge in [-0.25, -0.2) is 0 Å². The van der Waals surface area contributed by atoms with Crippen LogP contribution in [0.5, 0.6) is 5.75 Å². The maximum Gasteiger partial charge on any atom is 0.123 e. The number of fused-ring (bicyclic) bond motifs is 1. The van der Waals surface area contributed by atoms with E-state index in [4.69, 9.17) is 4.74 Å². The Morgan fingerprint density at radius 2 is 1.95 bits per heavy atom. The topological polar surface area (TPSA) is 21.3 Å². The van der Waals surface area contributed by atoms with Crippen molar-refractivity contribution >= 4 is 0 Å². The Bertz CT molecular complexity index is 660. The largest absolute Gasteiger partial charge is 0.490 e. The summed E-state index contributed by atoms with van der Waals surface area (Å²) in [6.07, 6.45) is 4.00. The molecular weight excluding hydrogens is 258 g/mol. The quantitative estimate of drug-likeness (QED) is 0.915. The third-order valence-electron chi connectivity index (χ3n) is 4.33. The van der Waals surface area contributed by atoms with Crippen molar-refractivity contribution in [3.63, 3.8) is 0 Å². The summed E-state index contributed by atoms with van der Waals surface area (Å²) < 4.78 is 5.78. The molecule has 4 rings (SSSR count). The lowest BCUT2D eigenvalue weighted by atomic mass is 9.99. The lowest BCUT2D eigenvalue weighted by Crippen LogP contribution is -2.15. The van der Waals surface area contributed by atoms with E-state index >= 15 is 0 Å². The van der Waals surface area contributed by atoms with Crippen LogP contribution in [0.15, 0.2) is 42.5 Å². The van der Waals surface area contributed by atoms with Gasteiger partial charge in [0, 0.05) is 19.0 Å². The summed E-state index contributed by atoms with van der Waals surface area (Å²) in [4.78, 5) is 0. The van der Waals surface area contributed by atoms with Crippen LogP contribution in [0.25, 0.3) is 11.1 Å². The molecule has 0 saturated heterocycles. The summed E-state index contributed by atoms with van der Waals surface area (Å²) in [7, 11) is 0. The lowest BCUT2D eigenvalue weighted by Gasteiger charge is -2.08. The van der Waals surface area contributed by atoms with Crippen LogP contribution in [0.2, 0.25) is 0 Å². The highest BCUT2D eigenvalue weighted by Crippen LogP contribution is 2.33. The molecule has 2 aliphatic rings. The highest BCUT2D eigenvalue weighted by Gasteiger charge is 2.20. The summed E-state index contributed by atoms with van der Waals surface area (Å²) in [6, 6.07) is 16.2. The van der Waals surface area contributed by atoms with Gasteiger partial charge in [-0.15, -0.1) is 0 Å². The van der Waals surface area contributed by atoms with E-state index in [0.717, 1.165) is 24.8 Å². The van der Waals surface area contributed by atoms with Crippen molar-refractivity contribution in [1.82, 2.24) is 5.32 Å². The molecule has 0 radical (unpaired) electrons. The summed E-state index contributed by atoms with van der Waals surface area (Å²) in [5.74, 6) is 1.05. The van der Waals surface area contributed by atoms with Crippen LogP contribution in [0.4, 0.5) is 0 Å². The second-order valence-corrected chi connectivity index (χ2v) is 6.31. The maximum absolute atomic E-state index is 5.78. The van der Waals surface area contributed by atoms with Gasteiger partial charge < -0.3 is 10.1 Å². The molecule has 1 heterocycles. The van der Waals surface area contributed by atoms with Gasteiger partial charge >= 0.3 is 0 Å². The number of hydrogen-bond donors (Lipinski definition) is 1. The van der Waals surface area contributed by atoms with Crippen LogP contribution in [0, 0.1) is 0 Å². The van der Waals surface area contributed by atoms with E-state index in [1.807, 2.05) is 0 Å². The minimum atomic E-state index is 0.310. The van der Waals surface area contributed by atoms with E-state index < -0.39 is 0 Å². The number of nitrogens with one attached hydrogen (secondary N) is 1. The second-order valence-electron chi connectivity index (χ2n) is 6.31. The zero-order chi connectivity index (χ0) is 14.2. The molecule has 1 fully saturated rings. The van der Waals surface area contributed by atoms with Crippen molar-refractivity contribution in [3.05, 3.63) is 53.6 Å². The molecular formula is C19H21NO. The molecule has 0 amide bonds. The molecule has 2 aromatic carbocycles. The van der Waals surface area contributed by atoms with Gasteiger partial charge in [0.2, 0.25) is 0 Å². The van der Waals surface area contributed by atoms with Gasteiger partial charge in [0.1, 0.15) is 11.9 Å². The highest BCUT2D eigenvalue weighted by molar-refractivity contribution is 5.66. The summed E-state index contributed by atoms with van der Waals surface area (Å²) in [6.45, 7) is 3.10. The Balaban J connectivity index is 1.58. The van der Waals surface area contributed by atoms with Crippen LogP contribution in [-0.4, -0.2) is 12.1 Å². The Morgan fingerprint density at radius 3 is 2.81 bits per heavy atom. The van der Waals surface area contributed by atoms with Crippen molar-refractivity contribution in [1.29, 1.82) is 0 Å². The van der Waals surface area contributed by atoms with Gasteiger partial charge in [-0.3, -0.25) is 0 Å². The molecule has 2 heteroatoms. The number of rotatable bonds is 4. The van der Waals surface area contributed by atoms with Crippen LogP contribution >= 0.6 is 0 Å². The fourth-order valence-corrected chi connectivity index (χ4v) is 3.01. The van der Waals surface area contributed by atoms with Crippen molar-refractivity contribution < 1.29 is 4.74 Å². The van der Waals surface area contributed by atoms with Crippen LogP contribution in [0.1, 0.15) is 30.9 Å². The smallest absolute Gasteiger partial charge is 0.123 e. The van der Waals surface area contributed by atoms with Crippen LogP contribution in [-0.2, 0) is 13.0 Å². The molecule has 108 valence electrons. The summed E-state index contributed by atoms with van der Waals surface area (Å²) >= 11 is 0. The Morgan fingerprint density at radius 1 is 1.10 bits per heavy atom. The van der Waals surface area contributed by atoms with Gasteiger partial charge in [-0.2, -0.15) is 0 Å². The van der Waals surface area contributed by atoms with E-state index in [9.17, 15) is 0 Å². The Labute approximate surface area is 126 Å². The van der Waals surface area contributed by atoms with Crippen LogP contribution < -0.4 is 10.1 Å². The molecule has 1 saturated carbocycles. The van der Waals surface area contributed by atoms with Gasteiger partial charge in [-0.1, -0.05) is 24.3 Å². The molecule has 21 heavy (non-hydrogen) atoms. The van der Waals surface area contributed by atoms with E-state index in [2.05, 4.69) is 54.7 Å². The second kappa shape index (κ2) is 5.19. The number of ether oxygens (including phenoxy) is 1. The fraction of sp³-hybridized carbons (Fsp3) is 0.368. The van der Waals surface area contributed by atoms with E-state index in [1.54, 1.807) is 0 Å². The summed E-state index contributed by atoms with van der Waals surface area (Å²) in [5, 5.41) is 3.58. The first-order chi connectivity index (χ1) is 10.3. The average Bonchev–Trinajstić information content (AvgIpc) is 3.25. The lowest BCUT2D eigenvalue weighted by molar-refractivity contribution is 0.254. The monoisotopic (exact) mass is 279 g/mol. The van der Waals surface area contributed by atoms with E-state index in [-0.39, 0.29) is 0 Å². The molecule has 0 aromatic heterocycles. The first-order valence-electron chi connectivity index (χ1n) is 7.90. The molecule has 0 spiro atoms. The normalized spacial score (nSPS) is 20.1. The maximum atomic E-state index is 5.78. The van der Waals surface area contributed by atoms with Gasteiger partial charge in [0.15, 0.2) is 0 Å². The first-order valence-corrected chi connectivity index (χ1v) is 7.90. The fourth-order valence-electron chi connectivity index (χ4n) is 3.01. The third kappa shape index (κ3) is 2.81. The van der Waals surface area contributed by atoms with Gasteiger partial charge in [0.25, 0.3) is 0 Å². The molecule has 2 aromatic rings. The SMILES string of the molecule is CC1Cc2cc(-c3cccc(CNC4CC4)c3)ccc2O1. The molecule has 0 bridgehead atoms. The Hall–Kier alpha value is -1.80. The average molecular weight is 279 g/mol. The molecule has 1 atom stereocenters. The minimum absolute atomic E-state index is 0.310. The standard InChI is InChI=1S/C19H21NO/c1-13-9-17-11-16(5-8-19(17)21-13)15-4-2-3-14(10-15)12-20-18-6-7-18/h2-5,8,10-11,13,18,20H,6-7,9,12H2,1H3. The van der Waals surface area contributed by atoms with E-state index in [1.165, 1.54) is 35.1 Å². The van der Waals surface area contributed by atoms with Gasteiger partial charge in [0.05, 0.1) is 0 Å². The van der Waals surface area contributed by atoms with Crippen molar-refractivity contribution in [3.8, 4) is 16.9 Å². The Kier molecular flexibility index (Phi) is 3.19. The minimum Gasteiger partial charge on any atom is -0.490 e. The number of benzene rings is 2. The predicted octanol–water partition coefficient (Wildman–Crippen LogP) is 3.93. The third-order valence-corrected chi connectivity index (χ3v) is 4.33. The molecule has 1 unspecified atom stereocenters. The first kappa shape index (κ1) is 12.9. The van der Waals surface area contributed by atoms with Crippen LogP contribution in [0.3, 0.4) is 0 Å². The number of hydrogen-bond acceptors (Lipinski definition) is 2. The zero-order valence-corrected chi connectivity index (χ0v) is 12.4.